The number of carbonyl (C=O) groups is 1. The van der Waals surface area contributed by atoms with Crippen LogP contribution in [0.3, 0.4) is 0 Å². The van der Waals surface area contributed by atoms with Crippen LogP contribution < -0.4 is 5.32 Å². The van der Waals surface area contributed by atoms with Crippen LogP contribution in [0, 0.1) is 0 Å². The summed E-state index contributed by atoms with van der Waals surface area (Å²) in [6, 6.07) is 0. The van der Waals surface area contributed by atoms with Gasteiger partial charge in [0.15, 0.2) is 0 Å². The molecule has 0 aromatic heterocycles. The van der Waals surface area contributed by atoms with Gasteiger partial charge >= 0.3 is 0 Å². The van der Waals surface area contributed by atoms with Crippen molar-refractivity contribution in [3.05, 3.63) is 24.4 Å². The first-order chi connectivity index (χ1) is 5.13. The number of hydrogen-bond donors (Lipinski definition) is 1. The number of likely N-dealkylation sites (N-methyl/N-ethyl adjacent to an activating group) is 2. The first kappa shape index (κ1) is 9.75. The molecule has 0 aliphatic rings. The number of hydrogen-bond acceptors (Lipinski definition) is 2. The summed E-state index contributed by atoms with van der Waals surface area (Å²) in [6.45, 7) is 3.52. The second kappa shape index (κ2) is 4.55. The van der Waals surface area contributed by atoms with Crippen molar-refractivity contribution in [2.45, 2.75) is 0 Å². The van der Waals surface area contributed by atoms with Crippen LogP contribution in [0.2, 0.25) is 0 Å². The number of rotatable bonds is 3. The smallest absolute Gasteiger partial charge is 0.267 e. The first-order valence-corrected chi connectivity index (χ1v) is 3.35. The minimum absolute atomic E-state index is 0.102. The Morgan fingerprint density at radius 1 is 1.55 bits per heavy atom. The number of carbonyl (C=O) groups excluding carboxylic acids is 1. The van der Waals surface area contributed by atoms with E-state index in [0.717, 1.165) is 0 Å². The standard InChI is InChI=1S/C8H14N2O/c1-5-6-7(10(3)4)8(11)9-2/h5-6H,1H2,2-4H3,(H,9,11)/b7-6-. The molecule has 62 valence electrons. The van der Waals surface area contributed by atoms with Crippen LogP contribution in [-0.2, 0) is 4.79 Å². The minimum Gasteiger partial charge on any atom is -0.373 e. The van der Waals surface area contributed by atoms with E-state index in [4.69, 9.17) is 0 Å². The Morgan fingerprint density at radius 2 is 2.09 bits per heavy atom. The monoisotopic (exact) mass is 154 g/mol. The molecule has 0 rings (SSSR count). The molecule has 11 heavy (non-hydrogen) atoms. The lowest BCUT2D eigenvalue weighted by Crippen LogP contribution is -2.28. The molecule has 0 aliphatic carbocycles. The molecule has 0 fully saturated rings. The van der Waals surface area contributed by atoms with Crippen LogP contribution in [0.5, 0.6) is 0 Å². The van der Waals surface area contributed by atoms with Gasteiger partial charge in [-0.05, 0) is 6.08 Å². The van der Waals surface area contributed by atoms with Crippen LogP contribution in [0.15, 0.2) is 24.4 Å². The van der Waals surface area contributed by atoms with Gasteiger partial charge in [0.25, 0.3) is 5.91 Å². The van der Waals surface area contributed by atoms with Gasteiger partial charge in [-0.25, -0.2) is 0 Å². The van der Waals surface area contributed by atoms with Crippen LogP contribution >= 0.6 is 0 Å². The summed E-state index contributed by atoms with van der Waals surface area (Å²) in [4.78, 5) is 12.8. The zero-order valence-corrected chi connectivity index (χ0v) is 7.22. The largest absolute Gasteiger partial charge is 0.373 e. The Hall–Kier alpha value is -1.25. The maximum absolute atomic E-state index is 11.1. The third kappa shape index (κ3) is 2.89. The lowest BCUT2D eigenvalue weighted by Gasteiger charge is -2.14. The summed E-state index contributed by atoms with van der Waals surface area (Å²) < 4.78 is 0. The molecular weight excluding hydrogens is 140 g/mol. The van der Waals surface area contributed by atoms with E-state index < -0.39 is 0 Å². The summed E-state index contributed by atoms with van der Waals surface area (Å²) in [7, 11) is 5.22. The van der Waals surface area contributed by atoms with Gasteiger partial charge in [-0.15, -0.1) is 0 Å². The Balaban J connectivity index is 4.47. The van der Waals surface area contributed by atoms with E-state index in [-0.39, 0.29) is 5.91 Å². The van der Waals surface area contributed by atoms with Gasteiger partial charge in [0.05, 0.1) is 0 Å². The van der Waals surface area contributed by atoms with E-state index in [1.165, 1.54) is 0 Å². The zero-order chi connectivity index (χ0) is 8.85. The molecule has 0 saturated carbocycles. The van der Waals surface area contributed by atoms with Crippen molar-refractivity contribution in [1.82, 2.24) is 10.2 Å². The van der Waals surface area contributed by atoms with Crippen molar-refractivity contribution in [2.24, 2.45) is 0 Å². The van der Waals surface area contributed by atoms with E-state index >= 15 is 0 Å². The van der Waals surface area contributed by atoms with E-state index in [1.807, 2.05) is 14.1 Å². The third-order valence-electron chi connectivity index (χ3n) is 1.22. The van der Waals surface area contributed by atoms with Crippen molar-refractivity contribution in [3.63, 3.8) is 0 Å². The second-order valence-electron chi connectivity index (χ2n) is 2.26. The molecule has 0 aromatic rings. The van der Waals surface area contributed by atoms with Crippen LogP contribution in [0.1, 0.15) is 0 Å². The quantitative estimate of drug-likeness (QED) is 0.470. The fourth-order valence-electron chi connectivity index (χ4n) is 0.668. The number of amides is 1. The summed E-state index contributed by atoms with van der Waals surface area (Å²) in [5.41, 5.74) is 0.600. The molecule has 0 heterocycles. The van der Waals surface area contributed by atoms with Gasteiger partial charge in [-0.2, -0.15) is 0 Å². The highest BCUT2D eigenvalue weighted by Crippen LogP contribution is 1.97. The van der Waals surface area contributed by atoms with Crippen molar-refractivity contribution in [1.29, 1.82) is 0 Å². The first-order valence-electron chi connectivity index (χ1n) is 3.35. The Bertz CT molecular complexity index is 183. The SMILES string of the molecule is C=C/C=C(/C(=O)NC)N(C)C. The topological polar surface area (TPSA) is 32.3 Å². The fraction of sp³-hybridized carbons (Fsp3) is 0.375. The maximum atomic E-state index is 11.1. The van der Waals surface area contributed by atoms with Crippen LogP contribution in [0.25, 0.3) is 0 Å². The van der Waals surface area contributed by atoms with Crippen molar-refractivity contribution in [3.8, 4) is 0 Å². The summed E-state index contributed by atoms with van der Waals surface area (Å²) in [6.07, 6.45) is 3.25. The fourth-order valence-corrected chi connectivity index (χ4v) is 0.668. The average molecular weight is 154 g/mol. The van der Waals surface area contributed by atoms with Gasteiger partial charge in [0.2, 0.25) is 0 Å². The molecule has 0 bridgehead atoms. The maximum Gasteiger partial charge on any atom is 0.267 e. The molecule has 0 aliphatic heterocycles. The highest BCUT2D eigenvalue weighted by molar-refractivity contribution is 5.92. The predicted molar refractivity (Wildman–Crippen MR) is 46.0 cm³/mol. The number of allylic oxidation sites excluding steroid dienone is 2. The number of nitrogens with zero attached hydrogens (tertiary/aromatic N) is 1. The van der Waals surface area contributed by atoms with Gasteiger partial charge in [0.1, 0.15) is 5.70 Å². The van der Waals surface area contributed by atoms with Gasteiger partial charge < -0.3 is 10.2 Å². The molecule has 0 aromatic carbocycles. The molecule has 0 spiro atoms. The van der Waals surface area contributed by atoms with Gasteiger partial charge in [-0.1, -0.05) is 12.7 Å². The van der Waals surface area contributed by atoms with E-state index in [9.17, 15) is 4.79 Å². The minimum atomic E-state index is -0.102. The van der Waals surface area contributed by atoms with Crippen molar-refractivity contribution in [2.75, 3.05) is 21.1 Å². The molecule has 3 heteroatoms. The zero-order valence-electron chi connectivity index (χ0n) is 7.22. The molecule has 0 unspecified atom stereocenters. The summed E-state index contributed by atoms with van der Waals surface area (Å²) in [5, 5.41) is 2.53. The Morgan fingerprint density at radius 3 is 2.36 bits per heavy atom. The Labute approximate surface area is 67.4 Å². The van der Waals surface area contributed by atoms with Gasteiger partial charge in [0, 0.05) is 21.1 Å². The highest BCUT2D eigenvalue weighted by atomic mass is 16.2. The predicted octanol–water partition coefficient (Wildman–Crippen LogP) is 0.364. The van der Waals surface area contributed by atoms with Crippen LogP contribution in [-0.4, -0.2) is 32.0 Å². The molecule has 3 nitrogen and oxygen atoms in total. The normalized spacial score (nSPS) is 10.6. The van der Waals surface area contributed by atoms with Crippen molar-refractivity contribution >= 4 is 5.91 Å². The van der Waals surface area contributed by atoms with E-state index in [2.05, 4.69) is 11.9 Å². The highest BCUT2D eigenvalue weighted by Gasteiger charge is 2.06. The molecular formula is C8H14N2O. The third-order valence-corrected chi connectivity index (χ3v) is 1.22. The lowest BCUT2D eigenvalue weighted by molar-refractivity contribution is -0.118. The number of nitrogens with one attached hydrogen (secondary N) is 1. The molecule has 0 radical (unpaired) electrons. The second-order valence-corrected chi connectivity index (χ2v) is 2.26. The molecule has 1 N–H and O–H groups in total. The lowest BCUT2D eigenvalue weighted by atomic mass is 10.3. The van der Waals surface area contributed by atoms with E-state index in [0.29, 0.717) is 5.70 Å². The molecule has 0 atom stereocenters. The van der Waals surface area contributed by atoms with Gasteiger partial charge in [-0.3, -0.25) is 4.79 Å². The van der Waals surface area contributed by atoms with Crippen LogP contribution in [0.4, 0.5) is 0 Å². The van der Waals surface area contributed by atoms with E-state index in [1.54, 1.807) is 24.1 Å². The van der Waals surface area contributed by atoms with Crippen molar-refractivity contribution < 1.29 is 4.79 Å². The summed E-state index contributed by atoms with van der Waals surface area (Å²) >= 11 is 0. The molecule has 1 amide bonds. The molecule has 0 saturated heterocycles. The Kier molecular flexibility index (Phi) is 4.03. The summed E-state index contributed by atoms with van der Waals surface area (Å²) in [5.74, 6) is -0.102. The average Bonchev–Trinajstić information content (AvgIpc) is 1.98.